The average molecular weight is 517 g/mol. The molecule has 0 fully saturated rings. The van der Waals surface area contributed by atoms with Crippen molar-refractivity contribution in [2.75, 3.05) is 25.6 Å². The van der Waals surface area contributed by atoms with Crippen LogP contribution in [-0.2, 0) is 9.53 Å². The van der Waals surface area contributed by atoms with Crippen LogP contribution in [0.1, 0.15) is 45.5 Å². The van der Waals surface area contributed by atoms with Crippen molar-refractivity contribution in [1.29, 1.82) is 0 Å². The Kier molecular flexibility index (Phi) is 9.11. The van der Waals surface area contributed by atoms with Gasteiger partial charge in [0.15, 0.2) is 6.61 Å². The fourth-order valence-electron chi connectivity index (χ4n) is 3.24. The van der Waals surface area contributed by atoms with Crippen LogP contribution in [0, 0.1) is 0 Å². The molecule has 0 saturated heterocycles. The molecule has 1 heterocycles. The van der Waals surface area contributed by atoms with Crippen LogP contribution in [-0.4, -0.2) is 38.1 Å². The highest BCUT2D eigenvalue weighted by Gasteiger charge is 2.20. The normalized spacial score (nSPS) is 11.3. The summed E-state index contributed by atoms with van der Waals surface area (Å²) >= 11 is 7.42. The molecule has 2 N–H and O–H groups in total. The quantitative estimate of drug-likeness (QED) is 0.364. The summed E-state index contributed by atoms with van der Waals surface area (Å²) < 4.78 is 15.5. The molecule has 2 aromatic carbocycles. The molecule has 0 aliphatic carbocycles. The summed E-state index contributed by atoms with van der Waals surface area (Å²) in [5, 5.41) is 7.57. The van der Waals surface area contributed by atoms with Gasteiger partial charge < -0.3 is 24.8 Å². The molecule has 0 aliphatic heterocycles. The molecule has 0 spiro atoms. The van der Waals surface area contributed by atoms with Gasteiger partial charge in [0, 0.05) is 11.1 Å². The first-order valence-corrected chi connectivity index (χ1v) is 12.0. The van der Waals surface area contributed by atoms with Crippen LogP contribution in [0.3, 0.4) is 0 Å². The zero-order valence-corrected chi connectivity index (χ0v) is 21.0. The van der Waals surface area contributed by atoms with E-state index in [4.69, 9.17) is 25.8 Å². The molecule has 0 aliphatic rings. The van der Waals surface area contributed by atoms with Gasteiger partial charge in [-0.1, -0.05) is 29.8 Å². The summed E-state index contributed by atoms with van der Waals surface area (Å²) in [6, 6.07) is 13.2. The van der Waals surface area contributed by atoms with Crippen molar-refractivity contribution in [2.45, 2.75) is 19.9 Å². The molecule has 1 atom stereocenters. The number of thiophene rings is 1. The Morgan fingerprint density at radius 2 is 1.83 bits per heavy atom. The number of carbonyl (C=O) groups is 3. The van der Waals surface area contributed by atoms with E-state index in [2.05, 4.69) is 10.6 Å². The van der Waals surface area contributed by atoms with Crippen LogP contribution in [0.15, 0.2) is 53.9 Å². The highest BCUT2D eigenvalue weighted by atomic mass is 35.5. The van der Waals surface area contributed by atoms with E-state index >= 15 is 0 Å². The van der Waals surface area contributed by atoms with Crippen molar-refractivity contribution in [2.24, 2.45) is 0 Å². The van der Waals surface area contributed by atoms with Crippen molar-refractivity contribution in [3.63, 3.8) is 0 Å². The molecular formula is C25H25ClN2O6S. The SMILES string of the molecule is CCOC(=O)COc1ccc(C(=O)Nc2ccsc2C(=O)NC(C)c2ccccc2OC)cc1Cl. The number of anilines is 1. The second-order valence-electron chi connectivity index (χ2n) is 7.29. The van der Waals surface area contributed by atoms with Crippen LogP contribution in [0.5, 0.6) is 11.5 Å². The van der Waals surface area contributed by atoms with Crippen molar-refractivity contribution < 1.29 is 28.6 Å². The van der Waals surface area contributed by atoms with Crippen LogP contribution in [0.2, 0.25) is 5.02 Å². The van der Waals surface area contributed by atoms with Gasteiger partial charge in [0.1, 0.15) is 16.4 Å². The molecule has 8 nitrogen and oxygen atoms in total. The Morgan fingerprint density at radius 1 is 1.06 bits per heavy atom. The number of halogens is 1. The van der Waals surface area contributed by atoms with Crippen molar-refractivity contribution in [1.82, 2.24) is 5.32 Å². The summed E-state index contributed by atoms with van der Waals surface area (Å²) in [4.78, 5) is 37.5. The predicted molar refractivity (Wildman–Crippen MR) is 135 cm³/mol. The molecule has 0 bridgehead atoms. The standard InChI is InChI=1S/C25H25ClN2O6S/c1-4-33-22(29)14-34-21-10-9-16(13-18(21)26)24(30)28-19-11-12-35-23(19)25(31)27-15(2)17-7-5-6-8-20(17)32-3/h5-13,15H,4,14H2,1-3H3,(H,27,31)(H,28,30). The highest BCUT2D eigenvalue weighted by molar-refractivity contribution is 7.12. The second kappa shape index (κ2) is 12.2. The van der Waals surface area contributed by atoms with E-state index in [0.29, 0.717) is 16.3 Å². The minimum atomic E-state index is -0.520. The van der Waals surface area contributed by atoms with E-state index in [0.717, 1.165) is 5.56 Å². The van der Waals surface area contributed by atoms with Crippen LogP contribution < -0.4 is 20.1 Å². The summed E-state index contributed by atoms with van der Waals surface area (Å²) in [7, 11) is 1.57. The second-order valence-corrected chi connectivity index (χ2v) is 8.62. The van der Waals surface area contributed by atoms with Crippen LogP contribution in [0.25, 0.3) is 0 Å². The molecule has 3 aromatic rings. The predicted octanol–water partition coefficient (Wildman–Crippen LogP) is 5.10. The zero-order chi connectivity index (χ0) is 25.4. The lowest BCUT2D eigenvalue weighted by Gasteiger charge is -2.17. The number of methoxy groups -OCH3 is 1. The van der Waals surface area contributed by atoms with Gasteiger partial charge in [-0.3, -0.25) is 9.59 Å². The molecule has 0 radical (unpaired) electrons. The maximum Gasteiger partial charge on any atom is 0.344 e. The molecule has 35 heavy (non-hydrogen) atoms. The number of benzene rings is 2. The third kappa shape index (κ3) is 6.74. The largest absolute Gasteiger partial charge is 0.496 e. The molecule has 0 saturated carbocycles. The Bertz CT molecular complexity index is 1210. The van der Waals surface area contributed by atoms with Gasteiger partial charge in [-0.05, 0) is 49.6 Å². The maximum atomic E-state index is 12.9. The number of carbonyl (C=O) groups excluding carboxylic acids is 3. The molecule has 1 aromatic heterocycles. The number of hydrogen-bond acceptors (Lipinski definition) is 7. The zero-order valence-electron chi connectivity index (χ0n) is 19.4. The Morgan fingerprint density at radius 3 is 2.54 bits per heavy atom. The third-order valence-electron chi connectivity index (χ3n) is 4.92. The van der Waals surface area contributed by atoms with Gasteiger partial charge in [0.05, 0.1) is 30.5 Å². The van der Waals surface area contributed by atoms with Gasteiger partial charge in [0.25, 0.3) is 11.8 Å². The molecular weight excluding hydrogens is 492 g/mol. The summed E-state index contributed by atoms with van der Waals surface area (Å²) in [5.74, 6) is -0.374. The lowest BCUT2D eigenvalue weighted by atomic mass is 10.1. The molecule has 184 valence electrons. The van der Waals surface area contributed by atoms with E-state index in [9.17, 15) is 14.4 Å². The first-order valence-electron chi connectivity index (χ1n) is 10.7. The average Bonchev–Trinajstić information content (AvgIpc) is 3.31. The monoisotopic (exact) mass is 516 g/mol. The Balaban J connectivity index is 1.66. The number of ether oxygens (including phenoxy) is 3. The molecule has 1 unspecified atom stereocenters. The molecule has 2 amide bonds. The van der Waals surface area contributed by atoms with Gasteiger partial charge in [-0.25, -0.2) is 4.79 Å². The van der Waals surface area contributed by atoms with Gasteiger partial charge >= 0.3 is 5.97 Å². The smallest absolute Gasteiger partial charge is 0.344 e. The number of esters is 1. The molecule has 3 rings (SSSR count). The van der Waals surface area contributed by atoms with E-state index < -0.39 is 11.9 Å². The number of para-hydroxylation sites is 1. The fraction of sp³-hybridized carbons (Fsp3) is 0.240. The van der Waals surface area contributed by atoms with Gasteiger partial charge in [-0.2, -0.15) is 0 Å². The summed E-state index contributed by atoms with van der Waals surface area (Å²) in [5.41, 5.74) is 1.48. The third-order valence-corrected chi connectivity index (χ3v) is 6.13. The number of amides is 2. The summed E-state index contributed by atoms with van der Waals surface area (Å²) in [6.07, 6.45) is 0. The number of nitrogens with one attached hydrogen (secondary N) is 2. The van der Waals surface area contributed by atoms with E-state index in [-0.39, 0.29) is 41.5 Å². The van der Waals surface area contributed by atoms with Gasteiger partial charge in [0.2, 0.25) is 0 Å². The first kappa shape index (κ1) is 26.1. The molecule has 10 heteroatoms. The van der Waals surface area contributed by atoms with E-state index in [1.165, 1.54) is 29.5 Å². The van der Waals surface area contributed by atoms with Crippen LogP contribution >= 0.6 is 22.9 Å². The van der Waals surface area contributed by atoms with Crippen molar-refractivity contribution in [3.8, 4) is 11.5 Å². The Hall–Kier alpha value is -3.56. The minimum absolute atomic E-state index is 0.163. The van der Waals surface area contributed by atoms with Crippen LogP contribution in [0.4, 0.5) is 5.69 Å². The first-order chi connectivity index (χ1) is 16.8. The maximum absolute atomic E-state index is 12.9. The highest BCUT2D eigenvalue weighted by Crippen LogP contribution is 2.29. The number of rotatable bonds is 10. The fourth-order valence-corrected chi connectivity index (χ4v) is 4.23. The van der Waals surface area contributed by atoms with Crippen molar-refractivity contribution >= 4 is 46.4 Å². The number of hydrogen-bond donors (Lipinski definition) is 2. The van der Waals surface area contributed by atoms with Gasteiger partial charge in [-0.15, -0.1) is 11.3 Å². The summed E-state index contributed by atoms with van der Waals surface area (Å²) in [6.45, 7) is 3.51. The topological polar surface area (TPSA) is 103 Å². The lowest BCUT2D eigenvalue weighted by molar-refractivity contribution is -0.145. The lowest BCUT2D eigenvalue weighted by Crippen LogP contribution is -2.27. The van der Waals surface area contributed by atoms with Crippen molar-refractivity contribution in [3.05, 3.63) is 74.9 Å². The van der Waals surface area contributed by atoms with E-state index in [1.54, 1.807) is 25.5 Å². The minimum Gasteiger partial charge on any atom is -0.496 e. The van der Waals surface area contributed by atoms with E-state index in [1.807, 2.05) is 31.2 Å². The Labute approximate surface area is 212 Å².